The third-order valence-electron chi connectivity index (χ3n) is 4.56. The van der Waals surface area contributed by atoms with Gasteiger partial charge in [-0.05, 0) is 45.1 Å². The van der Waals surface area contributed by atoms with Crippen LogP contribution in [0.15, 0.2) is 12.1 Å². The molecule has 0 amide bonds. The van der Waals surface area contributed by atoms with Gasteiger partial charge in [0.1, 0.15) is 5.82 Å². The first-order chi connectivity index (χ1) is 11.7. The van der Waals surface area contributed by atoms with Crippen LogP contribution in [0.1, 0.15) is 37.6 Å². The van der Waals surface area contributed by atoms with E-state index in [0.717, 1.165) is 68.3 Å². The first-order valence-electron chi connectivity index (χ1n) is 8.60. The van der Waals surface area contributed by atoms with Gasteiger partial charge in [-0.3, -0.25) is 0 Å². The van der Waals surface area contributed by atoms with E-state index in [-0.39, 0.29) is 6.23 Å². The van der Waals surface area contributed by atoms with Gasteiger partial charge >= 0.3 is 0 Å². The molecule has 2 aromatic heterocycles. The van der Waals surface area contributed by atoms with E-state index in [2.05, 4.69) is 26.4 Å². The molecule has 2 aromatic rings. The zero-order valence-corrected chi connectivity index (χ0v) is 14.0. The Morgan fingerprint density at radius 1 is 1.25 bits per heavy atom. The third kappa shape index (κ3) is 2.96. The minimum absolute atomic E-state index is 0.0257. The van der Waals surface area contributed by atoms with E-state index in [1.165, 1.54) is 0 Å². The van der Waals surface area contributed by atoms with Crippen LogP contribution in [-0.2, 0) is 4.74 Å². The maximum absolute atomic E-state index is 5.98. The number of ether oxygens (including phenoxy) is 1. The summed E-state index contributed by atoms with van der Waals surface area (Å²) in [6.45, 7) is 4.65. The molecule has 1 atom stereocenters. The Morgan fingerprint density at radius 2 is 2.17 bits per heavy atom. The minimum atomic E-state index is -0.0257. The second-order valence-corrected chi connectivity index (χ2v) is 6.43. The van der Waals surface area contributed by atoms with E-state index in [0.29, 0.717) is 5.95 Å². The van der Waals surface area contributed by atoms with Crippen LogP contribution in [0, 0.1) is 13.3 Å². The predicted octanol–water partition coefficient (Wildman–Crippen LogP) is 2.34. The lowest BCUT2D eigenvalue weighted by atomic mass is 10.2. The van der Waals surface area contributed by atoms with Crippen molar-refractivity contribution in [3.63, 3.8) is 0 Å². The normalized spacial score (nSPS) is 21.4. The number of rotatable bonds is 3. The quantitative estimate of drug-likeness (QED) is 0.932. The lowest BCUT2D eigenvalue weighted by Gasteiger charge is -2.24. The maximum Gasteiger partial charge on any atom is 0.222 e. The zero-order valence-electron chi connectivity index (χ0n) is 14.0. The highest BCUT2D eigenvalue weighted by Crippen LogP contribution is 2.30. The van der Waals surface area contributed by atoms with Crippen LogP contribution in [0.2, 0.25) is 0 Å². The minimum Gasteiger partial charge on any atom is -0.368 e. The van der Waals surface area contributed by atoms with Gasteiger partial charge in [0.2, 0.25) is 5.95 Å². The summed E-state index contributed by atoms with van der Waals surface area (Å²) in [5.41, 5.74) is 8.68. The second-order valence-electron chi connectivity index (χ2n) is 6.43. The van der Waals surface area contributed by atoms with Gasteiger partial charge < -0.3 is 15.4 Å². The molecule has 2 aliphatic heterocycles. The van der Waals surface area contributed by atoms with Crippen molar-refractivity contribution in [1.29, 1.82) is 0 Å². The summed E-state index contributed by atoms with van der Waals surface area (Å²) in [4.78, 5) is 11.1. The van der Waals surface area contributed by atoms with E-state index in [9.17, 15) is 0 Å². The largest absolute Gasteiger partial charge is 0.368 e. The number of nitrogens with two attached hydrogens (primary N) is 1. The van der Waals surface area contributed by atoms with Gasteiger partial charge in [-0.15, -0.1) is 0 Å². The molecule has 127 valence electrons. The fourth-order valence-electron chi connectivity index (χ4n) is 3.38. The Kier molecular flexibility index (Phi) is 4.10. The molecule has 2 saturated heterocycles. The SMILES string of the molecule is Cc1cc(-c2cc(N3C[CH]CC3)nc(N)n2)n(C2CCCCO2)n1. The Balaban J connectivity index is 1.73. The molecule has 0 aliphatic carbocycles. The molecule has 2 aliphatic rings. The van der Waals surface area contributed by atoms with Gasteiger partial charge in [0, 0.05) is 25.8 Å². The summed E-state index contributed by atoms with van der Waals surface area (Å²) < 4.78 is 7.86. The molecule has 0 bridgehead atoms. The average molecular weight is 327 g/mol. The molecule has 7 heteroatoms. The highest BCUT2D eigenvalue weighted by Gasteiger charge is 2.23. The smallest absolute Gasteiger partial charge is 0.222 e. The fraction of sp³-hybridized carbons (Fsp3) is 0.529. The molecule has 0 spiro atoms. The van der Waals surface area contributed by atoms with E-state index in [1.54, 1.807) is 0 Å². The molecule has 1 unspecified atom stereocenters. The molecule has 2 fully saturated rings. The second kappa shape index (κ2) is 6.39. The number of hydrogen-bond acceptors (Lipinski definition) is 6. The maximum atomic E-state index is 5.98. The van der Waals surface area contributed by atoms with Crippen molar-refractivity contribution < 1.29 is 4.74 Å². The fourth-order valence-corrected chi connectivity index (χ4v) is 3.38. The van der Waals surface area contributed by atoms with Gasteiger partial charge in [0.05, 0.1) is 17.1 Å². The topological polar surface area (TPSA) is 82.1 Å². The highest BCUT2D eigenvalue weighted by atomic mass is 16.5. The summed E-state index contributed by atoms with van der Waals surface area (Å²) in [6, 6.07) is 4.05. The van der Waals surface area contributed by atoms with Crippen LogP contribution >= 0.6 is 0 Å². The Labute approximate surface area is 141 Å². The highest BCUT2D eigenvalue weighted by molar-refractivity contribution is 5.62. The molecule has 4 heterocycles. The van der Waals surface area contributed by atoms with Gasteiger partial charge in [-0.1, -0.05) is 0 Å². The lowest BCUT2D eigenvalue weighted by Crippen LogP contribution is -2.21. The monoisotopic (exact) mass is 327 g/mol. The van der Waals surface area contributed by atoms with E-state index < -0.39 is 0 Å². The molecule has 7 nitrogen and oxygen atoms in total. The van der Waals surface area contributed by atoms with E-state index in [4.69, 9.17) is 10.5 Å². The number of aryl methyl sites for hydroxylation is 1. The van der Waals surface area contributed by atoms with Crippen molar-refractivity contribution in [3.05, 3.63) is 24.2 Å². The van der Waals surface area contributed by atoms with Crippen molar-refractivity contribution in [1.82, 2.24) is 19.7 Å². The zero-order chi connectivity index (χ0) is 16.5. The van der Waals surface area contributed by atoms with Crippen molar-refractivity contribution in [3.8, 4) is 11.4 Å². The van der Waals surface area contributed by atoms with Crippen LogP contribution in [0.3, 0.4) is 0 Å². The summed E-state index contributed by atoms with van der Waals surface area (Å²) in [6.07, 6.45) is 6.55. The van der Waals surface area contributed by atoms with Crippen LogP contribution in [-0.4, -0.2) is 39.4 Å². The van der Waals surface area contributed by atoms with Gasteiger partial charge in [0.25, 0.3) is 0 Å². The summed E-state index contributed by atoms with van der Waals surface area (Å²) >= 11 is 0. The summed E-state index contributed by atoms with van der Waals surface area (Å²) in [5.74, 6) is 1.17. The molecular weight excluding hydrogens is 304 g/mol. The van der Waals surface area contributed by atoms with Crippen molar-refractivity contribution in [2.45, 2.75) is 38.8 Å². The first kappa shape index (κ1) is 15.4. The standard InChI is InChI=1S/C17H23N6O/c1-12-10-14(23(21-12)16-6-2-5-9-24-16)13-11-15(20-17(18)19-13)22-7-3-4-8-22/h3,10-11,16H,2,4-9H2,1H3,(H2,18,19,20). The van der Waals surface area contributed by atoms with Gasteiger partial charge in [-0.25, -0.2) is 9.67 Å². The van der Waals surface area contributed by atoms with Gasteiger partial charge in [0.15, 0.2) is 6.23 Å². The van der Waals surface area contributed by atoms with Crippen molar-refractivity contribution in [2.24, 2.45) is 0 Å². The molecule has 1 radical (unpaired) electrons. The molecule has 0 saturated carbocycles. The number of nitrogens with zero attached hydrogens (tertiary/aromatic N) is 5. The third-order valence-corrected chi connectivity index (χ3v) is 4.56. The molecule has 2 N–H and O–H groups in total. The van der Waals surface area contributed by atoms with Gasteiger partial charge in [-0.2, -0.15) is 10.1 Å². The van der Waals surface area contributed by atoms with E-state index in [1.807, 2.05) is 23.7 Å². The lowest BCUT2D eigenvalue weighted by molar-refractivity contribution is -0.0385. The molecule has 4 rings (SSSR count). The number of aromatic nitrogens is 4. The molecule has 24 heavy (non-hydrogen) atoms. The first-order valence-corrected chi connectivity index (χ1v) is 8.60. The number of hydrogen-bond donors (Lipinski definition) is 1. The van der Waals surface area contributed by atoms with Crippen molar-refractivity contribution in [2.75, 3.05) is 30.3 Å². The number of anilines is 2. The predicted molar refractivity (Wildman–Crippen MR) is 92.4 cm³/mol. The Morgan fingerprint density at radius 3 is 2.92 bits per heavy atom. The van der Waals surface area contributed by atoms with Crippen LogP contribution in [0.5, 0.6) is 0 Å². The van der Waals surface area contributed by atoms with Crippen LogP contribution < -0.4 is 10.6 Å². The van der Waals surface area contributed by atoms with Crippen LogP contribution in [0.25, 0.3) is 11.4 Å². The Hall–Kier alpha value is -2.15. The molecule has 0 aromatic carbocycles. The summed E-state index contributed by atoms with van der Waals surface area (Å²) in [5, 5.41) is 4.64. The number of nitrogen functional groups attached to an aromatic ring is 1. The molecular formula is C17H23N6O. The Bertz CT molecular complexity index is 716. The van der Waals surface area contributed by atoms with E-state index >= 15 is 0 Å². The summed E-state index contributed by atoms with van der Waals surface area (Å²) in [7, 11) is 0. The average Bonchev–Trinajstić information content (AvgIpc) is 3.24. The van der Waals surface area contributed by atoms with Crippen LogP contribution in [0.4, 0.5) is 11.8 Å². The van der Waals surface area contributed by atoms with Crippen molar-refractivity contribution >= 4 is 11.8 Å².